The Hall–Kier alpha value is -2.41. The first kappa shape index (κ1) is 17.9. The van der Waals surface area contributed by atoms with Gasteiger partial charge in [-0.3, -0.25) is 4.79 Å². The fourth-order valence-electron chi connectivity index (χ4n) is 2.02. The van der Waals surface area contributed by atoms with E-state index >= 15 is 0 Å². The molecular formula is C17H15BrFNO4. The summed E-state index contributed by atoms with van der Waals surface area (Å²) in [5.74, 6) is -1.78. The van der Waals surface area contributed by atoms with Gasteiger partial charge in [0.2, 0.25) is 5.91 Å². The number of ether oxygens (including phenoxy) is 1. The molecule has 0 saturated carbocycles. The minimum Gasteiger partial charge on any atom is -0.480 e. The van der Waals surface area contributed by atoms with E-state index in [2.05, 4.69) is 21.2 Å². The smallest absolute Gasteiger partial charge is 0.341 e. The highest BCUT2D eigenvalue weighted by molar-refractivity contribution is 9.10. The van der Waals surface area contributed by atoms with E-state index in [-0.39, 0.29) is 17.7 Å². The average molecular weight is 396 g/mol. The summed E-state index contributed by atoms with van der Waals surface area (Å²) in [6, 6.07) is 9.45. The number of hydrogen-bond donors (Lipinski definition) is 2. The number of benzene rings is 2. The van der Waals surface area contributed by atoms with Crippen LogP contribution in [0.15, 0.2) is 40.9 Å². The van der Waals surface area contributed by atoms with Crippen LogP contribution in [0.2, 0.25) is 0 Å². The van der Waals surface area contributed by atoms with Crippen LogP contribution in [0.5, 0.6) is 5.75 Å². The van der Waals surface area contributed by atoms with Crippen LogP contribution in [0, 0.1) is 12.7 Å². The Bertz CT molecular complexity index is 779. The van der Waals surface area contributed by atoms with Crippen LogP contribution in [0.1, 0.15) is 11.1 Å². The van der Waals surface area contributed by atoms with Crippen LogP contribution in [0.25, 0.3) is 0 Å². The van der Waals surface area contributed by atoms with E-state index in [4.69, 9.17) is 9.84 Å². The number of anilines is 1. The monoisotopic (exact) mass is 395 g/mol. The van der Waals surface area contributed by atoms with Crippen molar-refractivity contribution >= 4 is 33.5 Å². The lowest BCUT2D eigenvalue weighted by atomic mass is 10.1. The normalized spacial score (nSPS) is 10.3. The van der Waals surface area contributed by atoms with Gasteiger partial charge in [-0.05, 0) is 42.3 Å². The van der Waals surface area contributed by atoms with Gasteiger partial charge in [0.15, 0.2) is 6.61 Å². The molecule has 0 spiro atoms. The number of hydrogen-bond acceptors (Lipinski definition) is 3. The molecule has 0 aliphatic rings. The van der Waals surface area contributed by atoms with Crippen molar-refractivity contribution in [2.75, 3.05) is 11.9 Å². The lowest BCUT2D eigenvalue weighted by molar-refractivity contribution is -0.139. The zero-order valence-electron chi connectivity index (χ0n) is 12.8. The molecule has 0 atom stereocenters. The van der Waals surface area contributed by atoms with Crippen molar-refractivity contribution in [1.29, 1.82) is 0 Å². The largest absolute Gasteiger partial charge is 0.480 e. The third kappa shape index (κ3) is 5.06. The van der Waals surface area contributed by atoms with Crippen molar-refractivity contribution in [2.24, 2.45) is 0 Å². The van der Waals surface area contributed by atoms with Crippen molar-refractivity contribution in [3.8, 4) is 5.75 Å². The molecule has 0 aliphatic heterocycles. The minimum atomic E-state index is -1.12. The standard InChI is InChI=1S/C17H15BrFNO4/c1-10-2-5-14(15(6-10)24-9-17(22)23)20-16(21)7-11-3-4-12(18)8-13(11)19/h2-6,8H,7,9H2,1H3,(H,20,21)(H,22,23). The van der Waals surface area contributed by atoms with Gasteiger partial charge >= 0.3 is 5.97 Å². The van der Waals surface area contributed by atoms with Gasteiger partial charge < -0.3 is 15.2 Å². The number of halogens is 2. The lowest BCUT2D eigenvalue weighted by Gasteiger charge is -2.12. The number of nitrogens with one attached hydrogen (secondary N) is 1. The van der Waals surface area contributed by atoms with E-state index in [0.717, 1.165) is 5.56 Å². The van der Waals surface area contributed by atoms with Crippen molar-refractivity contribution in [3.05, 3.63) is 57.8 Å². The van der Waals surface area contributed by atoms with Gasteiger partial charge in [-0.25, -0.2) is 9.18 Å². The molecule has 1 amide bonds. The van der Waals surface area contributed by atoms with E-state index in [0.29, 0.717) is 10.2 Å². The molecule has 0 aromatic heterocycles. The average Bonchev–Trinajstić information content (AvgIpc) is 2.50. The maximum Gasteiger partial charge on any atom is 0.341 e. The highest BCUT2D eigenvalue weighted by Gasteiger charge is 2.12. The highest BCUT2D eigenvalue weighted by atomic mass is 79.9. The third-order valence-electron chi connectivity index (χ3n) is 3.13. The first-order valence-corrected chi connectivity index (χ1v) is 7.83. The summed E-state index contributed by atoms with van der Waals surface area (Å²) in [5.41, 5.74) is 1.45. The van der Waals surface area contributed by atoms with E-state index in [1.54, 1.807) is 24.3 Å². The van der Waals surface area contributed by atoms with Gasteiger partial charge in [-0.2, -0.15) is 0 Å². The summed E-state index contributed by atoms with van der Waals surface area (Å²) in [6.07, 6.45) is -0.147. The molecule has 2 N–H and O–H groups in total. The van der Waals surface area contributed by atoms with E-state index < -0.39 is 24.3 Å². The molecule has 0 unspecified atom stereocenters. The Kier molecular flexibility index (Phi) is 5.92. The number of aryl methyl sites for hydroxylation is 1. The Morgan fingerprint density at radius 2 is 2.00 bits per heavy atom. The van der Waals surface area contributed by atoms with E-state index in [1.165, 1.54) is 12.1 Å². The molecule has 0 radical (unpaired) electrons. The van der Waals surface area contributed by atoms with Crippen LogP contribution in [-0.4, -0.2) is 23.6 Å². The molecule has 126 valence electrons. The second-order valence-corrected chi connectivity index (χ2v) is 6.06. The lowest BCUT2D eigenvalue weighted by Crippen LogP contribution is -2.17. The number of carbonyl (C=O) groups is 2. The summed E-state index contributed by atoms with van der Waals surface area (Å²) in [4.78, 5) is 22.8. The van der Waals surface area contributed by atoms with Gasteiger partial charge in [-0.15, -0.1) is 0 Å². The summed E-state index contributed by atoms with van der Waals surface area (Å²) < 4.78 is 19.6. The summed E-state index contributed by atoms with van der Waals surface area (Å²) in [7, 11) is 0. The Morgan fingerprint density at radius 3 is 2.67 bits per heavy atom. The van der Waals surface area contributed by atoms with Crippen LogP contribution in [-0.2, 0) is 16.0 Å². The Labute approximate surface area is 146 Å². The van der Waals surface area contributed by atoms with Crippen molar-refractivity contribution in [3.63, 3.8) is 0 Å². The van der Waals surface area contributed by atoms with Crippen molar-refractivity contribution < 1.29 is 23.8 Å². The molecule has 2 rings (SSSR count). The topological polar surface area (TPSA) is 75.6 Å². The number of amides is 1. The second kappa shape index (κ2) is 7.92. The Morgan fingerprint density at radius 1 is 1.25 bits per heavy atom. The zero-order valence-corrected chi connectivity index (χ0v) is 14.4. The predicted octanol–water partition coefficient (Wildman–Crippen LogP) is 3.54. The first-order valence-electron chi connectivity index (χ1n) is 7.04. The summed E-state index contributed by atoms with van der Waals surface area (Å²) >= 11 is 3.16. The van der Waals surface area contributed by atoms with Crippen LogP contribution < -0.4 is 10.1 Å². The number of carbonyl (C=O) groups excluding carboxylic acids is 1. The van der Waals surface area contributed by atoms with E-state index in [9.17, 15) is 14.0 Å². The molecular weight excluding hydrogens is 381 g/mol. The van der Waals surface area contributed by atoms with Gasteiger partial charge in [0, 0.05) is 4.47 Å². The van der Waals surface area contributed by atoms with Gasteiger partial charge in [-0.1, -0.05) is 28.1 Å². The predicted molar refractivity (Wildman–Crippen MR) is 90.7 cm³/mol. The quantitative estimate of drug-likeness (QED) is 0.783. The van der Waals surface area contributed by atoms with Crippen LogP contribution in [0.3, 0.4) is 0 Å². The fraction of sp³-hybridized carbons (Fsp3) is 0.176. The summed E-state index contributed by atoms with van der Waals surface area (Å²) in [6.45, 7) is 1.30. The second-order valence-electron chi connectivity index (χ2n) is 5.14. The molecule has 0 heterocycles. The minimum absolute atomic E-state index is 0.147. The third-order valence-corrected chi connectivity index (χ3v) is 3.62. The number of rotatable bonds is 6. The maximum absolute atomic E-state index is 13.8. The van der Waals surface area contributed by atoms with Crippen LogP contribution in [0.4, 0.5) is 10.1 Å². The van der Waals surface area contributed by atoms with Gasteiger partial charge in [0.1, 0.15) is 11.6 Å². The van der Waals surface area contributed by atoms with Gasteiger partial charge in [0.05, 0.1) is 12.1 Å². The molecule has 24 heavy (non-hydrogen) atoms. The molecule has 7 heteroatoms. The highest BCUT2D eigenvalue weighted by Crippen LogP contribution is 2.26. The maximum atomic E-state index is 13.8. The molecule has 2 aromatic rings. The molecule has 0 saturated heterocycles. The number of carboxylic acids is 1. The molecule has 2 aromatic carbocycles. The van der Waals surface area contributed by atoms with Crippen molar-refractivity contribution in [1.82, 2.24) is 0 Å². The summed E-state index contributed by atoms with van der Waals surface area (Å²) in [5, 5.41) is 11.3. The zero-order chi connectivity index (χ0) is 17.7. The molecule has 5 nitrogen and oxygen atoms in total. The number of aliphatic carboxylic acids is 1. The van der Waals surface area contributed by atoms with E-state index in [1.807, 2.05) is 6.92 Å². The first-order chi connectivity index (χ1) is 11.3. The molecule has 0 fully saturated rings. The Balaban J connectivity index is 2.11. The van der Waals surface area contributed by atoms with Crippen molar-refractivity contribution in [2.45, 2.75) is 13.3 Å². The van der Waals surface area contributed by atoms with Gasteiger partial charge in [0.25, 0.3) is 0 Å². The molecule has 0 bridgehead atoms. The number of carboxylic acid groups (broad SMARTS) is 1. The van der Waals surface area contributed by atoms with Crippen LogP contribution >= 0.6 is 15.9 Å². The SMILES string of the molecule is Cc1ccc(NC(=O)Cc2ccc(Br)cc2F)c(OCC(=O)O)c1. The molecule has 0 aliphatic carbocycles. The fourth-order valence-corrected chi connectivity index (χ4v) is 2.36.